The van der Waals surface area contributed by atoms with E-state index < -0.39 is 0 Å². The van der Waals surface area contributed by atoms with Gasteiger partial charge < -0.3 is 15.2 Å². The Kier molecular flexibility index (Phi) is 3.88. The Morgan fingerprint density at radius 3 is 2.55 bits per heavy atom. The average molecular weight is 275 g/mol. The molecular weight excluding hydrogens is 250 g/mol. The lowest BCUT2D eigenvalue weighted by molar-refractivity contribution is 0.170. The molecule has 0 radical (unpaired) electrons. The van der Waals surface area contributed by atoms with Gasteiger partial charge >= 0.3 is 0 Å². The molecule has 0 spiro atoms. The molecule has 1 aromatic carbocycles. The molecule has 0 atom stereocenters. The van der Waals surface area contributed by atoms with E-state index in [1.807, 2.05) is 6.07 Å². The molecule has 1 aliphatic carbocycles. The highest BCUT2D eigenvalue weighted by Gasteiger charge is 2.33. The van der Waals surface area contributed by atoms with Gasteiger partial charge in [-0.25, -0.2) is 0 Å². The van der Waals surface area contributed by atoms with Crippen LogP contribution < -0.4 is 15.2 Å². The van der Waals surface area contributed by atoms with Crippen LogP contribution in [0.1, 0.15) is 51.0 Å². The molecule has 0 unspecified atom stereocenters. The quantitative estimate of drug-likeness (QED) is 0.916. The fourth-order valence-electron chi connectivity index (χ4n) is 3.53. The molecule has 3 nitrogen and oxygen atoms in total. The lowest BCUT2D eigenvalue weighted by Crippen LogP contribution is -2.40. The molecule has 1 aliphatic heterocycles. The summed E-state index contributed by atoms with van der Waals surface area (Å²) in [4.78, 5) is 0. The molecule has 1 saturated carbocycles. The van der Waals surface area contributed by atoms with Gasteiger partial charge in [0, 0.05) is 5.54 Å². The Hall–Kier alpha value is -1.22. The van der Waals surface area contributed by atoms with Crippen LogP contribution in [0.5, 0.6) is 11.5 Å². The predicted octanol–water partition coefficient (Wildman–Crippen LogP) is 3.60. The van der Waals surface area contributed by atoms with E-state index in [-0.39, 0.29) is 5.54 Å². The Morgan fingerprint density at radius 2 is 1.85 bits per heavy atom. The van der Waals surface area contributed by atoms with Crippen LogP contribution in [-0.2, 0) is 5.54 Å². The van der Waals surface area contributed by atoms with Gasteiger partial charge in [0.2, 0.25) is 0 Å². The SMILES string of the molecule is CCCC1CCC(N)(c2ccc3c(c2)OCCO3)CC1. The number of fused-ring (bicyclic) bond motifs is 1. The van der Waals surface area contributed by atoms with E-state index in [9.17, 15) is 0 Å². The molecule has 0 saturated heterocycles. The van der Waals surface area contributed by atoms with Crippen molar-refractivity contribution >= 4 is 0 Å². The van der Waals surface area contributed by atoms with E-state index in [2.05, 4.69) is 19.1 Å². The number of benzene rings is 1. The van der Waals surface area contributed by atoms with Gasteiger partial charge in [-0.3, -0.25) is 0 Å². The van der Waals surface area contributed by atoms with Gasteiger partial charge in [0.25, 0.3) is 0 Å². The molecular formula is C17H25NO2. The zero-order chi connectivity index (χ0) is 14.0. The number of rotatable bonds is 3. The van der Waals surface area contributed by atoms with Crippen molar-refractivity contribution in [3.8, 4) is 11.5 Å². The molecule has 3 rings (SSSR count). The largest absolute Gasteiger partial charge is 0.486 e. The fraction of sp³-hybridized carbons (Fsp3) is 0.647. The highest BCUT2D eigenvalue weighted by molar-refractivity contribution is 5.45. The molecule has 0 bridgehead atoms. The standard InChI is InChI=1S/C17H25NO2/c1-2-3-13-6-8-17(18,9-7-13)14-4-5-15-16(12-14)20-11-10-19-15/h4-5,12-13H,2-3,6-11,18H2,1H3. The van der Waals surface area contributed by atoms with Crippen molar-refractivity contribution in [1.29, 1.82) is 0 Å². The second-order valence-electron chi connectivity index (χ2n) is 6.25. The van der Waals surface area contributed by atoms with Crippen LogP contribution in [0.15, 0.2) is 18.2 Å². The second kappa shape index (κ2) is 5.65. The first kappa shape index (κ1) is 13.7. The molecule has 2 aliphatic rings. The fourth-order valence-corrected chi connectivity index (χ4v) is 3.53. The minimum absolute atomic E-state index is 0.180. The van der Waals surface area contributed by atoms with Crippen molar-refractivity contribution in [3.63, 3.8) is 0 Å². The van der Waals surface area contributed by atoms with Crippen LogP contribution in [0, 0.1) is 5.92 Å². The van der Waals surface area contributed by atoms with E-state index in [0.717, 1.165) is 30.3 Å². The average Bonchev–Trinajstić information content (AvgIpc) is 2.49. The molecule has 0 amide bonds. The Labute approximate surface area is 121 Å². The summed E-state index contributed by atoms with van der Waals surface area (Å²) in [6.07, 6.45) is 7.29. The Balaban J connectivity index is 1.75. The third-order valence-electron chi connectivity index (χ3n) is 4.81. The van der Waals surface area contributed by atoms with Crippen LogP contribution in [0.4, 0.5) is 0 Å². The maximum atomic E-state index is 6.68. The van der Waals surface area contributed by atoms with Gasteiger partial charge in [0.1, 0.15) is 13.2 Å². The summed E-state index contributed by atoms with van der Waals surface area (Å²) in [7, 11) is 0. The molecule has 2 N–H and O–H groups in total. The monoisotopic (exact) mass is 275 g/mol. The molecule has 110 valence electrons. The molecule has 1 fully saturated rings. The zero-order valence-electron chi connectivity index (χ0n) is 12.4. The van der Waals surface area contributed by atoms with Crippen LogP contribution in [-0.4, -0.2) is 13.2 Å². The van der Waals surface area contributed by atoms with Crippen molar-refractivity contribution in [2.24, 2.45) is 11.7 Å². The minimum Gasteiger partial charge on any atom is -0.486 e. The van der Waals surface area contributed by atoms with Gasteiger partial charge in [0.05, 0.1) is 0 Å². The highest BCUT2D eigenvalue weighted by atomic mass is 16.6. The molecule has 20 heavy (non-hydrogen) atoms. The lowest BCUT2D eigenvalue weighted by Gasteiger charge is -2.38. The molecule has 1 aromatic rings. The van der Waals surface area contributed by atoms with Crippen molar-refractivity contribution in [2.75, 3.05) is 13.2 Å². The van der Waals surface area contributed by atoms with Crippen LogP contribution in [0.2, 0.25) is 0 Å². The summed E-state index contributed by atoms with van der Waals surface area (Å²) < 4.78 is 11.3. The third-order valence-corrected chi connectivity index (χ3v) is 4.81. The Bertz CT molecular complexity index is 464. The number of hydrogen-bond acceptors (Lipinski definition) is 3. The first-order valence-corrected chi connectivity index (χ1v) is 7.90. The summed E-state index contributed by atoms with van der Waals surface area (Å²) in [5.41, 5.74) is 7.70. The van der Waals surface area contributed by atoms with Gasteiger partial charge in [0.15, 0.2) is 11.5 Å². The first-order valence-electron chi connectivity index (χ1n) is 7.90. The maximum Gasteiger partial charge on any atom is 0.161 e. The van der Waals surface area contributed by atoms with Gasteiger partial charge in [-0.2, -0.15) is 0 Å². The third kappa shape index (κ3) is 2.64. The van der Waals surface area contributed by atoms with Crippen LogP contribution >= 0.6 is 0 Å². The first-order chi connectivity index (χ1) is 9.71. The van der Waals surface area contributed by atoms with Crippen molar-refractivity contribution in [3.05, 3.63) is 23.8 Å². The summed E-state index contributed by atoms with van der Waals surface area (Å²) in [5.74, 6) is 2.58. The van der Waals surface area contributed by atoms with Crippen LogP contribution in [0.25, 0.3) is 0 Å². The minimum atomic E-state index is -0.180. The smallest absolute Gasteiger partial charge is 0.161 e. The van der Waals surface area contributed by atoms with Gasteiger partial charge in [-0.05, 0) is 49.3 Å². The van der Waals surface area contributed by atoms with E-state index in [0.29, 0.717) is 13.2 Å². The maximum absolute atomic E-state index is 6.68. The number of ether oxygens (including phenoxy) is 2. The zero-order valence-corrected chi connectivity index (χ0v) is 12.4. The van der Waals surface area contributed by atoms with Gasteiger partial charge in [-0.1, -0.05) is 25.8 Å². The van der Waals surface area contributed by atoms with E-state index >= 15 is 0 Å². The van der Waals surface area contributed by atoms with Crippen molar-refractivity contribution in [2.45, 2.75) is 51.0 Å². The van der Waals surface area contributed by atoms with Crippen molar-refractivity contribution < 1.29 is 9.47 Å². The van der Waals surface area contributed by atoms with E-state index in [1.54, 1.807) is 0 Å². The summed E-state index contributed by atoms with van der Waals surface area (Å²) >= 11 is 0. The lowest BCUT2D eigenvalue weighted by atomic mass is 9.72. The second-order valence-corrected chi connectivity index (χ2v) is 6.25. The van der Waals surface area contributed by atoms with Crippen molar-refractivity contribution in [1.82, 2.24) is 0 Å². The predicted molar refractivity (Wildman–Crippen MR) is 80.2 cm³/mol. The Morgan fingerprint density at radius 1 is 1.15 bits per heavy atom. The van der Waals surface area contributed by atoms with Gasteiger partial charge in [-0.15, -0.1) is 0 Å². The molecule has 1 heterocycles. The topological polar surface area (TPSA) is 44.5 Å². The number of hydrogen-bond donors (Lipinski definition) is 1. The van der Waals surface area contributed by atoms with E-state index in [1.165, 1.54) is 31.2 Å². The molecule has 3 heteroatoms. The van der Waals surface area contributed by atoms with Crippen LogP contribution in [0.3, 0.4) is 0 Å². The highest BCUT2D eigenvalue weighted by Crippen LogP contribution is 2.42. The molecule has 0 aromatic heterocycles. The number of nitrogens with two attached hydrogens (primary N) is 1. The summed E-state index contributed by atoms with van der Waals surface area (Å²) in [6, 6.07) is 6.22. The normalized spacial score (nSPS) is 29.2. The summed E-state index contributed by atoms with van der Waals surface area (Å²) in [5, 5.41) is 0. The van der Waals surface area contributed by atoms with E-state index in [4.69, 9.17) is 15.2 Å². The summed E-state index contributed by atoms with van der Waals surface area (Å²) in [6.45, 7) is 3.54.